The van der Waals surface area contributed by atoms with Gasteiger partial charge in [0.05, 0.1) is 12.6 Å². The minimum Gasteiger partial charge on any atom is -0.459 e. The minimum absolute atomic E-state index is 0.00860. The van der Waals surface area contributed by atoms with E-state index in [2.05, 4.69) is 41.2 Å². The average Bonchev–Trinajstić information content (AvgIpc) is 2.47. The molecule has 0 aromatic heterocycles. The van der Waals surface area contributed by atoms with Crippen LogP contribution < -0.4 is 5.32 Å². The van der Waals surface area contributed by atoms with Gasteiger partial charge in [-0.2, -0.15) is 0 Å². The smallest absolute Gasteiger partial charge is 0.396 e. The first-order chi connectivity index (χ1) is 9.99. The Morgan fingerprint density at radius 1 is 1.19 bits per heavy atom. The van der Waals surface area contributed by atoms with Gasteiger partial charge in [0.1, 0.15) is 0 Å². The summed E-state index contributed by atoms with van der Waals surface area (Å²) >= 11 is 0. The third kappa shape index (κ3) is 5.19. The van der Waals surface area contributed by atoms with Crippen LogP contribution in [0.5, 0.6) is 0 Å². The molecule has 0 aliphatic carbocycles. The van der Waals surface area contributed by atoms with E-state index in [9.17, 15) is 9.59 Å². The van der Waals surface area contributed by atoms with Gasteiger partial charge in [-0.15, -0.1) is 0 Å². The maximum absolute atomic E-state index is 11.6. The molecule has 0 saturated heterocycles. The zero-order chi connectivity index (χ0) is 15.8. The lowest BCUT2D eigenvalue weighted by molar-refractivity contribution is -0.154. The molecule has 1 atom stereocenters. The maximum Gasteiger partial charge on any atom is 0.396 e. The molecule has 0 heterocycles. The van der Waals surface area contributed by atoms with Crippen LogP contribution >= 0.6 is 0 Å². The predicted molar refractivity (Wildman–Crippen MR) is 81.9 cm³/mol. The number of nitrogens with zero attached hydrogens (tertiary/aromatic N) is 1. The van der Waals surface area contributed by atoms with Crippen molar-refractivity contribution in [1.82, 2.24) is 10.2 Å². The fourth-order valence-corrected chi connectivity index (χ4v) is 2.03. The van der Waals surface area contributed by atoms with Crippen LogP contribution in [-0.2, 0) is 20.7 Å². The monoisotopic (exact) mass is 292 g/mol. The van der Waals surface area contributed by atoms with Gasteiger partial charge >= 0.3 is 11.9 Å². The Morgan fingerprint density at radius 2 is 1.81 bits per heavy atom. The second-order valence-corrected chi connectivity index (χ2v) is 5.01. The molecule has 0 aliphatic rings. The van der Waals surface area contributed by atoms with Gasteiger partial charge in [0, 0.05) is 6.54 Å². The molecule has 5 nitrogen and oxygen atoms in total. The highest BCUT2D eigenvalue weighted by Gasteiger charge is 2.19. The Morgan fingerprint density at radius 3 is 2.29 bits per heavy atom. The number of esters is 1. The SMILES string of the molecule is CCOC(=O)C(=O)NCC(c1ccc(CC)cc1)N(C)C. The lowest BCUT2D eigenvalue weighted by Crippen LogP contribution is -2.38. The van der Waals surface area contributed by atoms with Gasteiger partial charge in [-0.05, 0) is 38.6 Å². The molecule has 0 fully saturated rings. The molecule has 1 unspecified atom stereocenters. The van der Waals surface area contributed by atoms with Crippen molar-refractivity contribution < 1.29 is 14.3 Å². The summed E-state index contributed by atoms with van der Waals surface area (Å²) in [6, 6.07) is 8.28. The Labute approximate surface area is 126 Å². The standard InChI is InChI=1S/C16H24N2O3/c1-5-12-7-9-13(10-8-12)14(18(3)4)11-17-15(19)16(20)21-6-2/h7-10,14H,5-6,11H2,1-4H3,(H,17,19). The summed E-state index contributed by atoms with van der Waals surface area (Å²) in [5.74, 6) is -1.54. The Hall–Kier alpha value is -1.88. The van der Waals surface area contributed by atoms with Crippen LogP contribution in [0.4, 0.5) is 0 Å². The molecule has 1 amide bonds. The van der Waals surface area contributed by atoms with E-state index in [1.807, 2.05) is 19.0 Å². The number of carbonyl (C=O) groups is 2. The van der Waals surface area contributed by atoms with Crippen LogP contribution in [0.2, 0.25) is 0 Å². The molecule has 1 rings (SSSR count). The number of carbonyl (C=O) groups excluding carboxylic acids is 2. The normalized spacial score (nSPS) is 12.0. The van der Waals surface area contributed by atoms with Crippen molar-refractivity contribution in [3.63, 3.8) is 0 Å². The molecule has 0 bridgehead atoms. The summed E-state index contributed by atoms with van der Waals surface area (Å²) in [6.07, 6.45) is 0.993. The first-order valence-electron chi connectivity index (χ1n) is 7.19. The van der Waals surface area contributed by atoms with Crippen molar-refractivity contribution in [2.24, 2.45) is 0 Å². The highest BCUT2D eigenvalue weighted by molar-refractivity contribution is 6.32. The molecule has 1 aromatic carbocycles. The highest BCUT2D eigenvalue weighted by Crippen LogP contribution is 2.18. The van der Waals surface area contributed by atoms with Crippen molar-refractivity contribution >= 4 is 11.9 Å². The van der Waals surface area contributed by atoms with Gasteiger partial charge in [0.2, 0.25) is 0 Å². The predicted octanol–water partition coefficient (Wildman–Crippen LogP) is 1.53. The van der Waals surface area contributed by atoms with E-state index < -0.39 is 11.9 Å². The summed E-state index contributed by atoms with van der Waals surface area (Å²) in [7, 11) is 3.88. The van der Waals surface area contributed by atoms with Crippen molar-refractivity contribution in [2.45, 2.75) is 26.3 Å². The van der Waals surface area contributed by atoms with E-state index >= 15 is 0 Å². The molecule has 0 aliphatic heterocycles. The topological polar surface area (TPSA) is 58.6 Å². The van der Waals surface area contributed by atoms with Gasteiger partial charge in [0.15, 0.2) is 0 Å². The lowest BCUT2D eigenvalue weighted by atomic mass is 10.0. The number of amides is 1. The third-order valence-corrected chi connectivity index (χ3v) is 3.31. The molecule has 0 radical (unpaired) electrons. The summed E-state index contributed by atoms with van der Waals surface area (Å²) in [5.41, 5.74) is 2.37. The molecule has 21 heavy (non-hydrogen) atoms. The number of rotatable bonds is 6. The van der Waals surface area contributed by atoms with Crippen LogP contribution in [0, 0.1) is 0 Å². The van der Waals surface area contributed by atoms with Crippen molar-refractivity contribution in [3.05, 3.63) is 35.4 Å². The van der Waals surface area contributed by atoms with E-state index in [-0.39, 0.29) is 12.6 Å². The first-order valence-corrected chi connectivity index (χ1v) is 7.19. The number of nitrogens with one attached hydrogen (secondary N) is 1. The number of hydrogen-bond acceptors (Lipinski definition) is 4. The fourth-order valence-electron chi connectivity index (χ4n) is 2.03. The van der Waals surface area contributed by atoms with Crippen molar-refractivity contribution in [3.8, 4) is 0 Å². The van der Waals surface area contributed by atoms with Crippen LogP contribution in [0.25, 0.3) is 0 Å². The molecule has 116 valence electrons. The van der Waals surface area contributed by atoms with Gasteiger partial charge in [-0.3, -0.25) is 4.79 Å². The summed E-state index contributed by atoms with van der Waals surface area (Å²) in [4.78, 5) is 24.9. The molecule has 0 spiro atoms. The number of hydrogen-bond donors (Lipinski definition) is 1. The van der Waals surface area contributed by atoms with E-state index in [4.69, 9.17) is 0 Å². The third-order valence-electron chi connectivity index (χ3n) is 3.31. The lowest BCUT2D eigenvalue weighted by Gasteiger charge is -2.25. The van der Waals surface area contributed by atoms with Crippen LogP contribution in [0.1, 0.15) is 31.0 Å². The Kier molecular flexibility index (Phi) is 6.88. The molecule has 1 N–H and O–H groups in total. The first kappa shape index (κ1) is 17.2. The second-order valence-electron chi connectivity index (χ2n) is 5.01. The van der Waals surface area contributed by atoms with E-state index in [1.54, 1.807) is 6.92 Å². The number of aryl methyl sites for hydroxylation is 1. The fraction of sp³-hybridized carbons (Fsp3) is 0.500. The van der Waals surface area contributed by atoms with Crippen molar-refractivity contribution in [2.75, 3.05) is 27.2 Å². The quantitative estimate of drug-likeness (QED) is 0.638. The van der Waals surface area contributed by atoms with Crippen molar-refractivity contribution in [1.29, 1.82) is 0 Å². The maximum atomic E-state index is 11.6. The Balaban J connectivity index is 2.69. The largest absolute Gasteiger partial charge is 0.459 e. The zero-order valence-corrected chi connectivity index (χ0v) is 13.2. The number of benzene rings is 1. The molecule has 0 saturated carbocycles. The molecular weight excluding hydrogens is 268 g/mol. The van der Waals surface area contributed by atoms with Gasteiger partial charge in [0.25, 0.3) is 0 Å². The van der Waals surface area contributed by atoms with Crippen LogP contribution in [-0.4, -0.2) is 44.0 Å². The van der Waals surface area contributed by atoms with Gasteiger partial charge in [-0.25, -0.2) is 4.79 Å². The average molecular weight is 292 g/mol. The van der Waals surface area contributed by atoms with E-state index in [1.165, 1.54) is 5.56 Å². The van der Waals surface area contributed by atoms with Gasteiger partial charge in [-0.1, -0.05) is 31.2 Å². The van der Waals surface area contributed by atoms with E-state index in [0.29, 0.717) is 6.54 Å². The van der Waals surface area contributed by atoms with Crippen LogP contribution in [0.15, 0.2) is 24.3 Å². The highest BCUT2D eigenvalue weighted by atomic mass is 16.5. The van der Waals surface area contributed by atoms with E-state index in [0.717, 1.165) is 12.0 Å². The van der Waals surface area contributed by atoms with Crippen LogP contribution in [0.3, 0.4) is 0 Å². The number of ether oxygens (including phenoxy) is 1. The molecular formula is C16H24N2O3. The van der Waals surface area contributed by atoms with Gasteiger partial charge < -0.3 is 15.0 Å². The Bertz CT molecular complexity index is 469. The summed E-state index contributed by atoms with van der Waals surface area (Å²) < 4.78 is 4.67. The minimum atomic E-state index is -0.837. The molecule has 1 aromatic rings. The number of likely N-dealkylation sites (N-methyl/N-ethyl adjacent to an activating group) is 1. The molecule has 5 heteroatoms. The summed E-state index contributed by atoms with van der Waals surface area (Å²) in [6.45, 7) is 4.33. The second kappa shape index (κ2) is 8.42. The zero-order valence-electron chi connectivity index (χ0n) is 13.2. The summed E-state index contributed by atoms with van der Waals surface area (Å²) in [5, 5.41) is 2.62.